The number of hydrogen-bond donors (Lipinski definition) is 5. The number of amides is 4. The van der Waals surface area contributed by atoms with Gasteiger partial charge < -0.3 is 41.4 Å². The van der Waals surface area contributed by atoms with Crippen molar-refractivity contribution < 1.29 is 48.0 Å². The number of Topliss-reactive ketones (excluding diaryl/α,β-unsaturated/α-hetero) is 3. The number of aliphatic hydroxyl groups is 1. The Balaban J connectivity index is 0.966. The van der Waals surface area contributed by atoms with Crippen LogP contribution in [0.25, 0.3) is 11.1 Å². The highest BCUT2D eigenvalue weighted by molar-refractivity contribution is 6.47. The number of nitrogens with zero attached hydrogens (tertiary/aromatic N) is 1. The predicted molar refractivity (Wildman–Crippen MR) is 249 cm³/mol. The van der Waals surface area contributed by atoms with Crippen LogP contribution < -0.4 is 22.1 Å². The largest absolute Gasteiger partial charge is 0.460 e. The SMILES string of the molecule is CCCCc1ccc(-c2ccc(C(=O)NCCC(=O)N3C[C@@H](N)C[C@H]3C(=O)C[C@H](C(=O)C[C@@H](C)C(=O)N[C@@H](CC(N)=O)C(=O)C[C@@H](C)B3OC4C[C@@H]5C[C@H](C4O3)C5(C)C)C(C)O)cc2)cc1. The molecular formula is C50H70BN5O10. The summed E-state index contributed by atoms with van der Waals surface area (Å²) in [6.07, 6.45) is 2.85. The van der Waals surface area contributed by atoms with E-state index in [0.717, 1.165) is 43.2 Å². The van der Waals surface area contributed by atoms with E-state index in [1.165, 1.54) is 24.3 Å². The summed E-state index contributed by atoms with van der Waals surface area (Å²) in [6, 6.07) is 13.0. The minimum atomic E-state index is -1.26. The molecule has 5 aliphatic rings. The topological polar surface area (TPSA) is 238 Å². The second-order valence-electron chi connectivity index (χ2n) is 20.1. The number of carbonyl (C=O) groups is 7. The van der Waals surface area contributed by atoms with E-state index in [1.807, 2.05) is 19.1 Å². The van der Waals surface area contributed by atoms with Gasteiger partial charge in [-0.15, -0.1) is 0 Å². The molecule has 66 heavy (non-hydrogen) atoms. The number of nitrogens with one attached hydrogen (secondary N) is 2. The van der Waals surface area contributed by atoms with Crippen molar-refractivity contribution in [3.8, 4) is 11.1 Å². The molecule has 3 aliphatic carbocycles. The van der Waals surface area contributed by atoms with Crippen LogP contribution in [-0.4, -0.2) is 108 Å². The van der Waals surface area contributed by atoms with Crippen molar-refractivity contribution in [2.45, 2.75) is 154 Å². The Bertz CT molecular complexity index is 2100. The maximum absolute atomic E-state index is 13.8. The maximum Gasteiger partial charge on any atom is 0.460 e. The zero-order valence-electron chi connectivity index (χ0n) is 39.5. The lowest BCUT2D eigenvalue weighted by atomic mass is 9.47. The Labute approximate surface area is 389 Å². The molecular weight excluding hydrogens is 841 g/mol. The van der Waals surface area contributed by atoms with Crippen molar-refractivity contribution >= 4 is 48.1 Å². The van der Waals surface area contributed by atoms with Gasteiger partial charge in [0.25, 0.3) is 5.91 Å². The zero-order valence-corrected chi connectivity index (χ0v) is 39.5. The number of ketones is 3. The van der Waals surface area contributed by atoms with Crippen molar-refractivity contribution in [2.75, 3.05) is 13.1 Å². The molecule has 3 saturated carbocycles. The number of carbonyl (C=O) groups excluding carboxylic acids is 7. The molecule has 3 unspecified atom stereocenters. The number of aryl methyl sites for hydroxylation is 1. The highest BCUT2D eigenvalue weighted by Gasteiger charge is 2.62. The van der Waals surface area contributed by atoms with Crippen LogP contribution in [0.2, 0.25) is 5.82 Å². The number of nitrogens with two attached hydrogens (primary N) is 2. The maximum atomic E-state index is 13.8. The van der Waals surface area contributed by atoms with Gasteiger partial charge in [0.1, 0.15) is 5.78 Å². The van der Waals surface area contributed by atoms with Crippen LogP contribution in [0.5, 0.6) is 0 Å². The smallest absolute Gasteiger partial charge is 0.405 e. The van der Waals surface area contributed by atoms with Crippen molar-refractivity contribution in [1.82, 2.24) is 15.5 Å². The van der Waals surface area contributed by atoms with Gasteiger partial charge in [-0.05, 0) is 90.9 Å². The van der Waals surface area contributed by atoms with Gasteiger partial charge in [0.15, 0.2) is 11.6 Å². The van der Waals surface area contributed by atoms with Gasteiger partial charge in [0.2, 0.25) is 17.7 Å². The standard InChI is InChI=1S/C50H70BN5O10/c1-7-8-9-31-10-12-32(13-11-31)33-14-16-34(17-15-33)49(64)54-19-18-46(62)56-27-36(52)24-40(56)43(60)25-37(30(4)57)41(58)20-28(2)48(63)55-39(26-45(53)61)42(59)21-29(3)51-65-44-23-35-22-38(47(44)66-51)50(35,5)6/h10-17,28-30,35-40,44,47,57H,7-9,18-27,52H2,1-6H3,(H2,53,61)(H,54,64)(H,55,63)/t28-,29-,30?,35+,36+,37+,38-,39+,40+,44?,47?/m1/s1. The van der Waals surface area contributed by atoms with Gasteiger partial charge >= 0.3 is 7.12 Å². The monoisotopic (exact) mass is 912 g/mol. The fourth-order valence-electron chi connectivity index (χ4n) is 10.4. The van der Waals surface area contributed by atoms with Crippen molar-refractivity contribution in [1.29, 1.82) is 0 Å². The number of aliphatic hydroxyl groups excluding tert-OH is 1. The molecule has 0 spiro atoms. The van der Waals surface area contributed by atoms with E-state index in [-0.39, 0.29) is 74.0 Å². The van der Waals surface area contributed by atoms with Gasteiger partial charge in [-0.2, -0.15) is 0 Å². The summed E-state index contributed by atoms with van der Waals surface area (Å²) in [6.45, 7) is 11.5. The number of primary amides is 1. The van der Waals surface area contributed by atoms with E-state index >= 15 is 0 Å². The molecule has 15 nitrogen and oxygen atoms in total. The predicted octanol–water partition coefficient (Wildman–Crippen LogP) is 4.34. The van der Waals surface area contributed by atoms with E-state index < -0.39 is 85.2 Å². The third-order valence-corrected chi connectivity index (χ3v) is 14.8. The Kier molecular flexibility index (Phi) is 16.8. The third kappa shape index (κ3) is 12.0. The molecule has 4 amide bonds. The third-order valence-electron chi connectivity index (χ3n) is 14.8. The zero-order chi connectivity index (χ0) is 48.0. The molecule has 11 atom stereocenters. The summed E-state index contributed by atoms with van der Waals surface area (Å²) < 4.78 is 12.6. The number of rotatable bonds is 23. The number of likely N-dealkylation sites (tertiary alicyclic amines) is 1. The van der Waals surface area contributed by atoms with Gasteiger partial charge in [-0.1, -0.05) is 77.4 Å². The Morgan fingerprint density at radius 1 is 0.879 bits per heavy atom. The van der Waals surface area contributed by atoms with E-state index in [4.69, 9.17) is 20.8 Å². The lowest BCUT2D eigenvalue weighted by Gasteiger charge is -2.60. The van der Waals surface area contributed by atoms with Crippen molar-refractivity contribution in [2.24, 2.45) is 40.6 Å². The van der Waals surface area contributed by atoms with E-state index in [0.29, 0.717) is 17.4 Å². The molecule has 2 aromatic carbocycles. The van der Waals surface area contributed by atoms with Crippen LogP contribution in [0, 0.1) is 29.1 Å². The molecule has 7 rings (SSSR count). The highest BCUT2D eigenvalue weighted by Crippen LogP contribution is 2.62. The van der Waals surface area contributed by atoms with Gasteiger partial charge in [-0.3, -0.25) is 33.6 Å². The molecule has 2 aromatic rings. The van der Waals surface area contributed by atoms with Crippen LogP contribution >= 0.6 is 0 Å². The van der Waals surface area contributed by atoms with Gasteiger partial charge in [0, 0.05) is 56.3 Å². The van der Waals surface area contributed by atoms with Crippen LogP contribution in [-0.2, 0) is 44.5 Å². The molecule has 0 aromatic heterocycles. The number of unbranched alkanes of at least 4 members (excludes halogenated alkanes) is 1. The first-order valence-electron chi connectivity index (χ1n) is 24.0. The summed E-state index contributed by atoms with van der Waals surface area (Å²) in [5.74, 6) is -5.19. The summed E-state index contributed by atoms with van der Waals surface area (Å²) in [5.41, 5.74) is 15.6. The lowest BCUT2D eigenvalue weighted by Crippen LogP contribution is -2.59. The van der Waals surface area contributed by atoms with Crippen LogP contribution in [0.15, 0.2) is 48.5 Å². The minimum Gasteiger partial charge on any atom is -0.405 e. The van der Waals surface area contributed by atoms with Crippen molar-refractivity contribution in [3.05, 3.63) is 59.7 Å². The van der Waals surface area contributed by atoms with Gasteiger partial charge in [0.05, 0.1) is 42.7 Å². The molecule has 0 radical (unpaired) electrons. The van der Waals surface area contributed by atoms with E-state index in [1.54, 1.807) is 12.1 Å². The fraction of sp³-hybridized carbons (Fsp3) is 0.620. The minimum absolute atomic E-state index is 0.0207. The molecule has 2 saturated heterocycles. The first kappa shape index (κ1) is 50.6. The van der Waals surface area contributed by atoms with Crippen LogP contribution in [0.1, 0.15) is 122 Å². The van der Waals surface area contributed by atoms with Gasteiger partial charge in [-0.25, -0.2) is 0 Å². The summed E-state index contributed by atoms with van der Waals surface area (Å²) >= 11 is 0. The molecule has 5 fully saturated rings. The molecule has 358 valence electrons. The first-order valence-corrected chi connectivity index (χ1v) is 24.0. The highest BCUT2D eigenvalue weighted by atomic mass is 16.7. The Morgan fingerprint density at radius 3 is 2.17 bits per heavy atom. The van der Waals surface area contributed by atoms with E-state index in [2.05, 4.69) is 55.7 Å². The summed E-state index contributed by atoms with van der Waals surface area (Å²) in [5, 5.41) is 16.1. The number of benzene rings is 2. The van der Waals surface area contributed by atoms with E-state index in [9.17, 15) is 38.7 Å². The fourth-order valence-corrected chi connectivity index (χ4v) is 10.4. The van der Waals surface area contributed by atoms with Crippen LogP contribution in [0.3, 0.4) is 0 Å². The average Bonchev–Trinajstić information content (AvgIpc) is 3.91. The average molecular weight is 912 g/mol. The quantitative estimate of drug-likeness (QED) is 0.0984. The Hall–Kier alpha value is -4.77. The first-order chi connectivity index (χ1) is 31.3. The molecule has 7 N–H and O–H groups in total. The van der Waals surface area contributed by atoms with Crippen molar-refractivity contribution in [3.63, 3.8) is 0 Å². The molecule has 2 bridgehead atoms. The second kappa shape index (κ2) is 21.9. The lowest BCUT2D eigenvalue weighted by molar-refractivity contribution is -0.150. The number of hydrogen-bond acceptors (Lipinski definition) is 11. The second-order valence-corrected chi connectivity index (χ2v) is 20.1. The summed E-state index contributed by atoms with van der Waals surface area (Å²) in [4.78, 5) is 94.2. The molecule has 2 heterocycles. The molecule has 2 aliphatic heterocycles. The Morgan fingerprint density at radius 2 is 1.55 bits per heavy atom. The summed E-state index contributed by atoms with van der Waals surface area (Å²) in [7, 11) is -0.599. The van der Waals surface area contributed by atoms with Crippen LogP contribution in [0.4, 0.5) is 0 Å². The normalized spacial score (nSPS) is 25.1. The molecule has 16 heteroatoms.